The summed E-state index contributed by atoms with van der Waals surface area (Å²) in [7, 11) is 5.54. The number of rotatable bonds is 10. The molecule has 1 rings (SSSR count). The van der Waals surface area contributed by atoms with Gasteiger partial charge in [0, 0.05) is 52.5 Å². The molecule has 0 atom stereocenters. The molecule has 0 aliphatic heterocycles. The lowest BCUT2D eigenvalue weighted by Gasteiger charge is -2.18. The van der Waals surface area contributed by atoms with Gasteiger partial charge in [-0.05, 0) is 31.2 Å². The maximum atomic E-state index is 11.2. The molecule has 0 bridgehead atoms. The SMILES string of the molecule is CN=C(NCCN(C)CCCOC)NCc1cccc(C(N)=O)c1. The topological polar surface area (TPSA) is 92.0 Å². The maximum Gasteiger partial charge on any atom is 0.248 e. The van der Waals surface area contributed by atoms with Crippen LogP contribution in [0.15, 0.2) is 29.3 Å². The zero-order valence-corrected chi connectivity index (χ0v) is 14.8. The van der Waals surface area contributed by atoms with Crippen molar-refractivity contribution in [2.75, 3.05) is 47.4 Å². The number of ether oxygens (including phenoxy) is 1. The van der Waals surface area contributed by atoms with E-state index in [1.54, 1.807) is 26.3 Å². The third-order valence-corrected chi connectivity index (χ3v) is 3.57. The monoisotopic (exact) mass is 335 g/mol. The normalized spacial score (nSPS) is 11.6. The number of primary amides is 1. The Hall–Kier alpha value is -2.12. The average molecular weight is 335 g/mol. The number of nitrogens with two attached hydrogens (primary N) is 1. The van der Waals surface area contributed by atoms with Crippen LogP contribution in [0.25, 0.3) is 0 Å². The van der Waals surface area contributed by atoms with E-state index in [1.165, 1.54) is 0 Å². The lowest BCUT2D eigenvalue weighted by molar-refractivity contribution is 0.1000. The second-order valence-corrected chi connectivity index (χ2v) is 5.57. The number of likely N-dealkylation sites (N-methyl/N-ethyl adjacent to an activating group) is 1. The molecule has 0 saturated carbocycles. The van der Waals surface area contributed by atoms with E-state index < -0.39 is 5.91 Å². The Morgan fingerprint density at radius 2 is 2.12 bits per heavy atom. The van der Waals surface area contributed by atoms with Crippen molar-refractivity contribution in [3.63, 3.8) is 0 Å². The molecule has 1 amide bonds. The Morgan fingerprint density at radius 1 is 1.33 bits per heavy atom. The molecular formula is C17H29N5O2. The fraction of sp³-hybridized carbons (Fsp3) is 0.529. The Labute approximate surface area is 144 Å². The molecule has 7 nitrogen and oxygen atoms in total. The minimum atomic E-state index is -0.420. The van der Waals surface area contributed by atoms with Gasteiger partial charge in [-0.1, -0.05) is 12.1 Å². The van der Waals surface area contributed by atoms with Crippen LogP contribution in [-0.2, 0) is 11.3 Å². The maximum absolute atomic E-state index is 11.2. The fourth-order valence-electron chi connectivity index (χ4n) is 2.20. The summed E-state index contributed by atoms with van der Waals surface area (Å²) >= 11 is 0. The number of aliphatic imine (C=N–C) groups is 1. The third kappa shape index (κ3) is 7.94. The summed E-state index contributed by atoms with van der Waals surface area (Å²) in [5.41, 5.74) is 6.78. The summed E-state index contributed by atoms with van der Waals surface area (Å²) < 4.78 is 5.05. The van der Waals surface area contributed by atoms with Crippen LogP contribution in [0.1, 0.15) is 22.3 Å². The molecule has 0 saturated heterocycles. The first-order valence-corrected chi connectivity index (χ1v) is 8.07. The van der Waals surface area contributed by atoms with Crippen LogP contribution in [-0.4, -0.2) is 64.2 Å². The number of hydrogen-bond donors (Lipinski definition) is 3. The van der Waals surface area contributed by atoms with Crippen LogP contribution < -0.4 is 16.4 Å². The number of guanidine groups is 1. The molecule has 7 heteroatoms. The van der Waals surface area contributed by atoms with Crippen LogP contribution in [0.5, 0.6) is 0 Å². The van der Waals surface area contributed by atoms with Gasteiger partial charge in [-0.3, -0.25) is 9.79 Å². The summed E-state index contributed by atoms with van der Waals surface area (Å²) in [6.45, 7) is 4.07. The van der Waals surface area contributed by atoms with Crippen molar-refractivity contribution in [3.05, 3.63) is 35.4 Å². The van der Waals surface area contributed by atoms with Crippen molar-refractivity contribution in [2.24, 2.45) is 10.7 Å². The van der Waals surface area contributed by atoms with Crippen molar-refractivity contribution >= 4 is 11.9 Å². The van der Waals surface area contributed by atoms with Crippen molar-refractivity contribution in [1.82, 2.24) is 15.5 Å². The smallest absolute Gasteiger partial charge is 0.248 e. The van der Waals surface area contributed by atoms with E-state index in [1.807, 2.05) is 12.1 Å². The number of methoxy groups -OCH3 is 1. The molecule has 0 aromatic heterocycles. The minimum absolute atomic E-state index is 0.420. The zero-order chi connectivity index (χ0) is 17.8. The first-order chi connectivity index (χ1) is 11.6. The summed E-state index contributed by atoms with van der Waals surface area (Å²) in [4.78, 5) is 17.6. The highest BCUT2D eigenvalue weighted by Gasteiger charge is 2.03. The van der Waals surface area contributed by atoms with Crippen LogP contribution in [0.4, 0.5) is 0 Å². The van der Waals surface area contributed by atoms with Crippen LogP contribution >= 0.6 is 0 Å². The number of nitrogens with one attached hydrogen (secondary N) is 2. The number of nitrogens with zero attached hydrogens (tertiary/aromatic N) is 2. The van der Waals surface area contributed by atoms with Gasteiger partial charge in [-0.25, -0.2) is 0 Å². The number of carbonyl (C=O) groups is 1. The van der Waals surface area contributed by atoms with E-state index in [0.29, 0.717) is 12.1 Å². The summed E-state index contributed by atoms with van der Waals surface area (Å²) in [5.74, 6) is 0.306. The molecule has 4 N–H and O–H groups in total. The van der Waals surface area contributed by atoms with E-state index in [0.717, 1.165) is 44.2 Å². The Bertz CT molecular complexity index is 533. The van der Waals surface area contributed by atoms with E-state index in [4.69, 9.17) is 10.5 Å². The fourth-order valence-corrected chi connectivity index (χ4v) is 2.20. The number of hydrogen-bond acceptors (Lipinski definition) is 4. The average Bonchev–Trinajstić information content (AvgIpc) is 2.58. The zero-order valence-electron chi connectivity index (χ0n) is 14.8. The Balaban J connectivity index is 2.32. The van der Waals surface area contributed by atoms with Crippen molar-refractivity contribution in [3.8, 4) is 0 Å². The van der Waals surface area contributed by atoms with Crippen molar-refractivity contribution in [2.45, 2.75) is 13.0 Å². The quantitative estimate of drug-likeness (QED) is 0.327. The predicted molar refractivity (Wildman–Crippen MR) is 97.2 cm³/mol. The third-order valence-electron chi connectivity index (χ3n) is 3.57. The van der Waals surface area contributed by atoms with Gasteiger partial charge in [-0.15, -0.1) is 0 Å². The molecule has 0 aliphatic rings. The van der Waals surface area contributed by atoms with Gasteiger partial charge in [-0.2, -0.15) is 0 Å². The van der Waals surface area contributed by atoms with Crippen LogP contribution in [0.3, 0.4) is 0 Å². The van der Waals surface area contributed by atoms with Gasteiger partial charge in [0.1, 0.15) is 0 Å². The predicted octanol–water partition coefficient (Wildman–Crippen LogP) is 0.419. The highest BCUT2D eigenvalue weighted by atomic mass is 16.5. The number of benzene rings is 1. The number of carbonyl (C=O) groups excluding carboxylic acids is 1. The van der Waals surface area contributed by atoms with Gasteiger partial charge in [0.05, 0.1) is 0 Å². The van der Waals surface area contributed by atoms with E-state index >= 15 is 0 Å². The molecule has 134 valence electrons. The molecule has 0 unspecified atom stereocenters. The summed E-state index contributed by atoms with van der Waals surface area (Å²) in [6.07, 6.45) is 1.02. The van der Waals surface area contributed by atoms with Crippen LogP contribution in [0, 0.1) is 0 Å². The van der Waals surface area contributed by atoms with Gasteiger partial charge in [0.2, 0.25) is 5.91 Å². The molecule has 24 heavy (non-hydrogen) atoms. The van der Waals surface area contributed by atoms with Crippen molar-refractivity contribution in [1.29, 1.82) is 0 Å². The first-order valence-electron chi connectivity index (χ1n) is 8.07. The number of amides is 1. The molecule has 1 aromatic rings. The Kier molecular flexibility index (Phi) is 9.48. The van der Waals surface area contributed by atoms with Gasteiger partial charge in [0.15, 0.2) is 5.96 Å². The largest absolute Gasteiger partial charge is 0.385 e. The second-order valence-electron chi connectivity index (χ2n) is 5.57. The van der Waals surface area contributed by atoms with Gasteiger partial charge in [0.25, 0.3) is 0 Å². The standard InChI is InChI=1S/C17H29N5O2/c1-19-17(20-8-10-22(2)9-5-11-24-3)21-13-14-6-4-7-15(12-14)16(18)23/h4,6-7,12H,5,8-11,13H2,1-3H3,(H2,18,23)(H2,19,20,21). The second kappa shape index (κ2) is 11.4. The molecule has 0 radical (unpaired) electrons. The molecular weight excluding hydrogens is 306 g/mol. The molecule has 0 fully saturated rings. The van der Waals surface area contributed by atoms with Gasteiger partial charge >= 0.3 is 0 Å². The van der Waals surface area contributed by atoms with E-state index in [9.17, 15) is 4.79 Å². The lowest BCUT2D eigenvalue weighted by Crippen LogP contribution is -2.40. The summed E-state index contributed by atoms with van der Waals surface area (Å²) in [5, 5.41) is 6.50. The Morgan fingerprint density at radius 3 is 2.79 bits per heavy atom. The lowest BCUT2D eigenvalue weighted by atomic mass is 10.1. The molecule has 1 aromatic carbocycles. The van der Waals surface area contributed by atoms with E-state index in [2.05, 4.69) is 27.6 Å². The van der Waals surface area contributed by atoms with E-state index in [-0.39, 0.29) is 0 Å². The summed E-state index contributed by atoms with van der Waals surface area (Å²) in [6, 6.07) is 7.25. The van der Waals surface area contributed by atoms with Crippen LogP contribution in [0.2, 0.25) is 0 Å². The minimum Gasteiger partial charge on any atom is -0.385 e. The molecule has 0 heterocycles. The molecule has 0 spiro atoms. The highest BCUT2D eigenvalue weighted by Crippen LogP contribution is 2.04. The van der Waals surface area contributed by atoms with Gasteiger partial charge < -0.3 is 26.0 Å². The first kappa shape index (κ1) is 19.9. The highest BCUT2D eigenvalue weighted by molar-refractivity contribution is 5.92. The molecule has 0 aliphatic carbocycles. The van der Waals surface area contributed by atoms with Crippen molar-refractivity contribution < 1.29 is 9.53 Å².